The van der Waals surface area contributed by atoms with Gasteiger partial charge in [0.15, 0.2) is 16.4 Å². The molecule has 1 aliphatic rings. The normalized spacial score (nSPS) is 18.1. The summed E-state index contributed by atoms with van der Waals surface area (Å²) in [6.07, 6.45) is 0.360. The van der Waals surface area contributed by atoms with Crippen molar-refractivity contribution in [2.45, 2.75) is 33.2 Å². The van der Waals surface area contributed by atoms with Crippen LogP contribution in [0.25, 0.3) is 0 Å². The van der Waals surface area contributed by atoms with Gasteiger partial charge in [-0.15, -0.1) is 0 Å². The van der Waals surface area contributed by atoms with Crippen molar-refractivity contribution in [3.05, 3.63) is 39.4 Å². The molecule has 1 aliphatic heterocycles. The minimum Gasteiger partial charge on any atom is -0.452 e. The van der Waals surface area contributed by atoms with Crippen LogP contribution in [0, 0.1) is 23.0 Å². The lowest BCUT2D eigenvalue weighted by Crippen LogP contribution is -2.45. The first kappa shape index (κ1) is 21.8. The number of nitro groups is 1. The highest BCUT2D eigenvalue weighted by Gasteiger charge is 2.35. The highest BCUT2D eigenvalue weighted by molar-refractivity contribution is 7.91. The molecule has 28 heavy (non-hydrogen) atoms. The summed E-state index contributed by atoms with van der Waals surface area (Å²) in [6.45, 7) is 5.05. The molecule has 0 N–H and O–H groups in total. The van der Waals surface area contributed by atoms with E-state index in [0.29, 0.717) is 13.0 Å². The second-order valence-electron chi connectivity index (χ2n) is 7.28. The van der Waals surface area contributed by atoms with Gasteiger partial charge in [-0.05, 0) is 25.3 Å². The van der Waals surface area contributed by atoms with E-state index < -0.39 is 39.3 Å². The summed E-state index contributed by atoms with van der Waals surface area (Å²) in [5, 5.41) is 11.0. The van der Waals surface area contributed by atoms with Gasteiger partial charge in [-0.1, -0.05) is 19.9 Å². The standard InChI is InChI=1S/C18H24N2O7S/c1-12(2)9-19(14-7-8-28(25,26)11-14)17(21)10-27-18(22)15-5-4-6-16(13(15)3)20(23)24/h4-6,12,14H,7-11H2,1-3H3/t14-/m1/s1. The van der Waals surface area contributed by atoms with E-state index in [4.69, 9.17) is 4.74 Å². The molecule has 9 nitrogen and oxygen atoms in total. The molecule has 1 amide bonds. The topological polar surface area (TPSA) is 124 Å². The average molecular weight is 412 g/mol. The smallest absolute Gasteiger partial charge is 0.339 e. The Morgan fingerprint density at radius 1 is 1.36 bits per heavy atom. The van der Waals surface area contributed by atoms with Crippen LogP contribution < -0.4 is 0 Å². The first-order valence-electron chi connectivity index (χ1n) is 8.93. The number of nitrogens with zero attached hydrogens (tertiary/aromatic N) is 2. The van der Waals surface area contributed by atoms with Gasteiger partial charge in [0, 0.05) is 24.2 Å². The lowest BCUT2D eigenvalue weighted by atomic mass is 10.1. The lowest BCUT2D eigenvalue weighted by molar-refractivity contribution is -0.385. The van der Waals surface area contributed by atoms with E-state index in [1.807, 2.05) is 13.8 Å². The first-order chi connectivity index (χ1) is 13.0. The molecular formula is C18H24N2O7S. The Bertz CT molecular complexity index is 880. The number of benzene rings is 1. The molecule has 0 aliphatic carbocycles. The zero-order valence-corrected chi connectivity index (χ0v) is 16.9. The Morgan fingerprint density at radius 3 is 2.57 bits per heavy atom. The van der Waals surface area contributed by atoms with E-state index in [1.165, 1.54) is 30.0 Å². The van der Waals surface area contributed by atoms with Gasteiger partial charge >= 0.3 is 5.97 Å². The summed E-state index contributed by atoms with van der Waals surface area (Å²) >= 11 is 0. The molecule has 0 radical (unpaired) electrons. The number of esters is 1. The quantitative estimate of drug-likeness (QED) is 0.379. The van der Waals surface area contributed by atoms with E-state index >= 15 is 0 Å². The van der Waals surface area contributed by atoms with Crippen LogP contribution in [-0.2, 0) is 19.4 Å². The maximum atomic E-state index is 12.6. The van der Waals surface area contributed by atoms with Gasteiger partial charge < -0.3 is 9.64 Å². The van der Waals surface area contributed by atoms with Crippen LogP contribution in [0.1, 0.15) is 36.2 Å². The second kappa shape index (κ2) is 8.68. The van der Waals surface area contributed by atoms with Crippen molar-refractivity contribution in [2.24, 2.45) is 5.92 Å². The number of hydrogen-bond donors (Lipinski definition) is 0. The number of carbonyl (C=O) groups excluding carboxylic acids is 2. The molecule has 1 aromatic carbocycles. The number of amides is 1. The Morgan fingerprint density at radius 2 is 2.04 bits per heavy atom. The van der Waals surface area contributed by atoms with Crippen LogP contribution in [0.3, 0.4) is 0 Å². The van der Waals surface area contributed by atoms with Gasteiger partial charge in [0.2, 0.25) is 0 Å². The Hall–Kier alpha value is -2.49. The van der Waals surface area contributed by atoms with Crippen LogP contribution in [0.5, 0.6) is 0 Å². The molecule has 0 bridgehead atoms. The van der Waals surface area contributed by atoms with Crippen LogP contribution in [0.2, 0.25) is 0 Å². The number of sulfone groups is 1. The predicted octanol–water partition coefficient (Wildman–Crippen LogP) is 1.73. The van der Waals surface area contributed by atoms with E-state index in [-0.39, 0.29) is 34.2 Å². The average Bonchev–Trinajstić information content (AvgIpc) is 2.96. The van der Waals surface area contributed by atoms with Gasteiger partial charge in [-0.3, -0.25) is 14.9 Å². The van der Waals surface area contributed by atoms with E-state index in [0.717, 1.165) is 0 Å². The molecule has 1 fully saturated rings. The molecule has 10 heteroatoms. The molecule has 154 valence electrons. The highest BCUT2D eigenvalue weighted by atomic mass is 32.2. The maximum Gasteiger partial charge on any atom is 0.339 e. The fraction of sp³-hybridized carbons (Fsp3) is 0.556. The molecular weight excluding hydrogens is 388 g/mol. The van der Waals surface area contributed by atoms with E-state index in [1.54, 1.807) is 0 Å². The number of carbonyl (C=O) groups is 2. The fourth-order valence-electron chi connectivity index (χ4n) is 3.20. The number of nitro benzene ring substituents is 1. The second-order valence-corrected chi connectivity index (χ2v) is 9.51. The molecule has 2 rings (SSSR count). The summed E-state index contributed by atoms with van der Waals surface area (Å²) in [5.74, 6) is -1.26. The van der Waals surface area contributed by atoms with Crippen molar-refractivity contribution >= 4 is 27.4 Å². The zero-order chi connectivity index (χ0) is 21.1. The van der Waals surface area contributed by atoms with Crippen molar-refractivity contribution in [1.82, 2.24) is 4.90 Å². The molecule has 0 unspecified atom stereocenters. The Balaban J connectivity index is 2.09. The van der Waals surface area contributed by atoms with E-state index in [9.17, 15) is 28.1 Å². The minimum atomic E-state index is -3.17. The largest absolute Gasteiger partial charge is 0.452 e. The molecule has 0 saturated carbocycles. The number of rotatable bonds is 7. The minimum absolute atomic E-state index is 0.0147. The summed E-state index contributed by atoms with van der Waals surface area (Å²) in [6, 6.07) is 3.61. The SMILES string of the molecule is Cc1c(C(=O)OCC(=O)N(CC(C)C)[C@@H]2CCS(=O)(=O)C2)cccc1[N+](=O)[O-]. The van der Waals surface area contributed by atoms with Gasteiger partial charge in [-0.2, -0.15) is 0 Å². The zero-order valence-electron chi connectivity index (χ0n) is 16.1. The van der Waals surface area contributed by atoms with E-state index in [2.05, 4.69) is 0 Å². The van der Waals surface area contributed by atoms with Gasteiger partial charge in [0.05, 0.1) is 22.0 Å². The first-order valence-corrected chi connectivity index (χ1v) is 10.7. The monoisotopic (exact) mass is 412 g/mol. The predicted molar refractivity (Wildman–Crippen MR) is 102 cm³/mol. The highest BCUT2D eigenvalue weighted by Crippen LogP contribution is 2.22. The van der Waals surface area contributed by atoms with Crippen LogP contribution in [0.4, 0.5) is 5.69 Å². The van der Waals surface area contributed by atoms with Crippen LogP contribution in [-0.4, -0.2) is 60.8 Å². The molecule has 1 saturated heterocycles. The Kier molecular flexibility index (Phi) is 6.76. The summed E-state index contributed by atoms with van der Waals surface area (Å²) in [4.78, 5) is 36.8. The fourth-order valence-corrected chi connectivity index (χ4v) is 4.93. The Labute approximate surface area is 163 Å². The maximum absolute atomic E-state index is 12.6. The van der Waals surface area contributed by atoms with Gasteiger partial charge in [0.25, 0.3) is 11.6 Å². The number of ether oxygens (including phenoxy) is 1. The van der Waals surface area contributed by atoms with Gasteiger partial charge in [-0.25, -0.2) is 13.2 Å². The molecule has 1 atom stereocenters. The van der Waals surface area contributed by atoms with Crippen LogP contribution in [0.15, 0.2) is 18.2 Å². The van der Waals surface area contributed by atoms with Crippen LogP contribution >= 0.6 is 0 Å². The molecule has 0 spiro atoms. The third-order valence-electron chi connectivity index (χ3n) is 4.58. The molecule has 0 aromatic heterocycles. The third-order valence-corrected chi connectivity index (χ3v) is 6.33. The van der Waals surface area contributed by atoms with Crippen molar-refractivity contribution < 1.29 is 27.7 Å². The van der Waals surface area contributed by atoms with Crippen molar-refractivity contribution in [3.8, 4) is 0 Å². The summed E-state index contributed by atoms with van der Waals surface area (Å²) < 4.78 is 28.6. The summed E-state index contributed by atoms with van der Waals surface area (Å²) in [5.41, 5.74) is -0.0369. The lowest BCUT2D eigenvalue weighted by Gasteiger charge is -2.29. The third kappa shape index (κ3) is 5.28. The number of hydrogen-bond acceptors (Lipinski definition) is 7. The van der Waals surface area contributed by atoms with Crippen molar-refractivity contribution in [3.63, 3.8) is 0 Å². The summed E-state index contributed by atoms with van der Waals surface area (Å²) in [7, 11) is -3.17. The molecule has 1 heterocycles. The molecule has 1 aromatic rings. The van der Waals surface area contributed by atoms with Crippen molar-refractivity contribution in [1.29, 1.82) is 0 Å². The van der Waals surface area contributed by atoms with Crippen molar-refractivity contribution in [2.75, 3.05) is 24.7 Å². The van der Waals surface area contributed by atoms with Gasteiger partial charge in [0.1, 0.15) is 0 Å².